The third-order valence-corrected chi connectivity index (χ3v) is 3.18. The molecule has 1 aliphatic carbocycles. The Kier molecular flexibility index (Phi) is 3.45. The van der Waals surface area contributed by atoms with Crippen molar-refractivity contribution in [2.45, 2.75) is 19.3 Å². The normalized spacial score (nSPS) is 19.2. The molecule has 19 heavy (non-hydrogen) atoms. The van der Waals surface area contributed by atoms with Crippen LogP contribution in [-0.2, 0) is 0 Å². The second-order valence-electron chi connectivity index (χ2n) is 4.57. The first kappa shape index (κ1) is 11.8. The number of furan rings is 1. The molecule has 96 valence electrons. The van der Waals surface area contributed by atoms with E-state index in [9.17, 15) is 0 Å². The number of rotatable bonds is 3. The lowest BCUT2D eigenvalue weighted by Gasteiger charge is -2.03. The standard InChI is InChI=1S/C16H16N2O/c1-2-7-14(8-3-1)17-18-16-10-4-6-13(16)12-15-9-5-11-19-15/h1-3,5,7-9,11-12,17H,4,6,10H2. The van der Waals surface area contributed by atoms with Crippen molar-refractivity contribution in [2.24, 2.45) is 5.10 Å². The van der Waals surface area contributed by atoms with Gasteiger partial charge >= 0.3 is 0 Å². The van der Waals surface area contributed by atoms with Gasteiger partial charge in [-0.3, -0.25) is 5.43 Å². The lowest BCUT2D eigenvalue weighted by atomic mass is 10.2. The second-order valence-corrected chi connectivity index (χ2v) is 4.57. The van der Waals surface area contributed by atoms with E-state index in [-0.39, 0.29) is 0 Å². The van der Waals surface area contributed by atoms with Gasteiger partial charge in [-0.05, 0) is 55.2 Å². The number of allylic oxidation sites excluding steroid dienone is 1. The van der Waals surface area contributed by atoms with Gasteiger partial charge in [0.15, 0.2) is 0 Å². The maximum Gasteiger partial charge on any atom is 0.126 e. The van der Waals surface area contributed by atoms with Gasteiger partial charge in [-0.25, -0.2) is 0 Å². The Morgan fingerprint density at radius 3 is 2.74 bits per heavy atom. The molecule has 1 saturated carbocycles. The van der Waals surface area contributed by atoms with E-state index in [1.807, 2.05) is 42.5 Å². The second kappa shape index (κ2) is 5.57. The molecule has 1 fully saturated rings. The van der Waals surface area contributed by atoms with Crippen LogP contribution >= 0.6 is 0 Å². The van der Waals surface area contributed by atoms with Gasteiger partial charge in [0.1, 0.15) is 5.76 Å². The Labute approximate surface area is 112 Å². The first-order valence-electron chi connectivity index (χ1n) is 6.54. The van der Waals surface area contributed by atoms with Gasteiger partial charge in [0, 0.05) is 0 Å². The van der Waals surface area contributed by atoms with Gasteiger partial charge in [-0.1, -0.05) is 18.2 Å². The van der Waals surface area contributed by atoms with Gasteiger partial charge in [-0.15, -0.1) is 0 Å². The molecule has 0 saturated heterocycles. The Balaban J connectivity index is 1.76. The summed E-state index contributed by atoms with van der Waals surface area (Å²) in [4.78, 5) is 0. The summed E-state index contributed by atoms with van der Waals surface area (Å²) >= 11 is 0. The molecule has 0 atom stereocenters. The largest absolute Gasteiger partial charge is 0.465 e. The topological polar surface area (TPSA) is 37.5 Å². The minimum absolute atomic E-state index is 0.893. The zero-order valence-corrected chi connectivity index (χ0v) is 10.7. The van der Waals surface area contributed by atoms with Crippen LogP contribution in [0.25, 0.3) is 6.08 Å². The molecule has 1 aliphatic rings. The highest BCUT2D eigenvalue weighted by Crippen LogP contribution is 2.24. The molecular formula is C16H16N2O. The van der Waals surface area contributed by atoms with Gasteiger partial charge in [-0.2, -0.15) is 5.10 Å². The molecule has 1 aromatic heterocycles. The lowest BCUT2D eigenvalue weighted by Crippen LogP contribution is -1.99. The number of hydrogen-bond acceptors (Lipinski definition) is 3. The smallest absolute Gasteiger partial charge is 0.126 e. The van der Waals surface area contributed by atoms with Gasteiger partial charge in [0.2, 0.25) is 0 Å². The van der Waals surface area contributed by atoms with E-state index >= 15 is 0 Å². The van der Waals surface area contributed by atoms with Crippen molar-refractivity contribution in [1.82, 2.24) is 0 Å². The number of benzene rings is 1. The van der Waals surface area contributed by atoms with Crippen molar-refractivity contribution in [3.63, 3.8) is 0 Å². The number of hydrogen-bond donors (Lipinski definition) is 1. The van der Waals surface area contributed by atoms with Crippen LogP contribution in [-0.4, -0.2) is 5.71 Å². The van der Waals surface area contributed by atoms with Crippen molar-refractivity contribution in [2.75, 3.05) is 5.43 Å². The molecule has 0 bridgehead atoms. The molecule has 1 heterocycles. The highest BCUT2D eigenvalue weighted by atomic mass is 16.3. The van der Waals surface area contributed by atoms with Gasteiger partial charge in [0.05, 0.1) is 17.7 Å². The minimum atomic E-state index is 0.893. The maximum atomic E-state index is 5.35. The fourth-order valence-corrected chi connectivity index (χ4v) is 2.22. The van der Waals surface area contributed by atoms with Crippen LogP contribution in [0.1, 0.15) is 25.0 Å². The summed E-state index contributed by atoms with van der Waals surface area (Å²) in [5, 5.41) is 4.51. The van der Waals surface area contributed by atoms with Crippen LogP contribution in [0.4, 0.5) is 5.69 Å². The van der Waals surface area contributed by atoms with Crippen molar-refractivity contribution >= 4 is 17.5 Å². The van der Waals surface area contributed by atoms with Gasteiger partial charge < -0.3 is 4.42 Å². The Hall–Kier alpha value is -2.29. The fraction of sp³-hybridized carbons (Fsp3) is 0.188. The van der Waals surface area contributed by atoms with Gasteiger partial charge in [0.25, 0.3) is 0 Å². The van der Waals surface area contributed by atoms with Crippen LogP contribution in [0.2, 0.25) is 0 Å². The molecule has 0 aliphatic heterocycles. The molecular weight excluding hydrogens is 236 g/mol. The Bertz CT molecular complexity index is 582. The summed E-state index contributed by atoms with van der Waals surface area (Å²) in [7, 11) is 0. The molecule has 0 unspecified atom stereocenters. The maximum absolute atomic E-state index is 5.35. The molecule has 3 nitrogen and oxygen atoms in total. The summed E-state index contributed by atoms with van der Waals surface area (Å²) in [5.74, 6) is 0.893. The molecule has 2 aromatic rings. The van der Waals surface area contributed by atoms with E-state index in [0.29, 0.717) is 0 Å². The van der Waals surface area contributed by atoms with Crippen LogP contribution in [0, 0.1) is 0 Å². The van der Waals surface area contributed by atoms with Crippen LogP contribution in [0.5, 0.6) is 0 Å². The lowest BCUT2D eigenvalue weighted by molar-refractivity contribution is 0.556. The SMILES string of the molecule is C(=C1CCCC1=NNc1ccccc1)c1ccco1. The summed E-state index contributed by atoms with van der Waals surface area (Å²) in [6.45, 7) is 0. The first-order chi connectivity index (χ1) is 9.42. The molecule has 3 heteroatoms. The van der Waals surface area contributed by atoms with E-state index < -0.39 is 0 Å². The summed E-state index contributed by atoms with van der Waals surface area (Å²) in [6, 6.07) is 13.9. The zero-order valence-electron chi connectivity index (χ0n) is 10.7. The monoisotopic (exact) mass is 252 g/mol. The number of para-hydroxylation sites is 1. The molecule has 3 rings (SSSR count). The molecule has 1 aromatic carbocycles. The zero-order chi connectivity index (χ0) is 12.9. The highest BCUT2D eigenvalue weighted by molar-refractivity contribution is 6.05. The molecule has 0 amide bonds. The average Bonchev–Trinajstić information content (AvgIpc) is 3.10. The van der Waals surface area contributed by atoms with E-state index in [1.54, 1.807) is 6.26 Å². The third-order valence-electron chi connectivity index (χ3n) is 3.18. The molecule has 1 N–H and O–H groups in total. The summed E-state index contributed by atoms with van der Waals surface area (Å²) in [5.41, 5.74) is 6.51. The van der Waals surface area contributed by atoms with E-state index in [1.165, 1.54) is 5.57 Å². The number of anilines is 1. The van der Waals surface area contributed by atoms with Crippen molar-refractivity contribution in [3.8, 4) is 0 Å². The van der Waals surface area contributed by atoms with Crippen molar-refractivity contribution in [1.29, 1.82) is 0 Å². The van der Waals surface area contributed by atoms with E-state index in [0.717, 1.165) is 36.4 Å². The van der Waals surface area contributed by atoms with E-state index in [2.05, 4.69) is 16.6 Å². The van der Waals surface area contributed by atoms with E-state index in [4.69, 9.17) is 4.42 Å². The summed E-state index contributed by atoms with van der Waals surface area (Å²) in [6.07, 6.45) is 7.02. The minimum Gasteiger partial charge on any atom is -0.465 e. The Morgan fingerprint density at radius 1 is 1.05 bits per heavy atom. The highest BCUT2D eigenvalue weighted by Gasteiger charge is 2.15. The predicted molar refractivity (Wildman–Crippen MR) is 78.0 cm³/mol. The number of hydrazone groups is 1. The first-order valence-corrected chi connectivity index (χ1v) is 6.54. The molecule has 0 spiro atoms. The Morgan fingerprint density at radius 2 is 1.95 bits per heavy atom. The van der Waals surface area contributed by atoms with Crippen molar-refractivity contribution < 1.29 is 4.42 Å². The van der Waals surface area contributed by atoms with Crippen LogP contribution in [0.3, 0.4) is 0 Å². The fourth-order valence-electron chi connectivity index (χ4n) is 2.22. The molecule has 0 radical (unpaired) electrons. The van der Waals surface area contributed by atoms with Crippen molar-refractivity contribution in [3.05, 3.63) is 60.1 Å². The average molecular weight is 252 g/mol. The van der Waals surface area contributed by atoms with Crippen LogP contribution in [0.15, 0.2) is 63.8 Å². The summed E-state index contributed by atoms with van der Waals surface area (Å²) < 4.78 is 5.35. The third kappa shape index (κ3) is 2.94. The number of nitrogens with one attached hydrogen (secondary N) is 1. The quantitative estimate of drug-likeness (QED) is 0.826. The van der Waals surface area contributed by atoms with Crippen LogP contribution < -0.4 is 5.43 Å². The predicted octanol–water partition coefficient (Wildman–Crippen LogP) is 4.32. The number of nitrogens with zero attached hydrogens (tertiary/aromatic N) is 1.